The normalized spacial score (nSPS) is 24.6. The van der Waals surface area contributed by atoms with Crippen LogP contribution in [-0.4, -0.2) is 41.2 Å². The van der Waals surface area contributed by atoms with E-state index in [0.29, 0.717) is 11.5 Å². The minimum Gasteiger partial charge on any atom is -0.442 e. The van der Waals surface area contributed by atoms with Gasteiger partial charge in [0.25, 0.3) is 0 Å². The standard InChI is InChI=1S/C11H19NO4/c1-11(2,3)16-10(13)12(14)8-5-6-9(7-8)15-4/h5-6,8-9,14H,7H2,1-4H3/t8-,9-/m1/s1. The summed E-state index contributed by atoms with van der Waals surface area (Å²) < 4.78 is 10.1. The van der Waals surface area contributed by atoms with Gasteiger partial charge < -0.3 is 9.47 Å². The Bertz CT molecular complexity index is 282. The maximum absolute atomic E-state index is 11.5. The molecule has 0 aliphatic heterocycles. The number of hydrogen-bond donors (Lipinski definition) is 1. The SMILES string of the molecule is CO[C@@H]1C=C[C@@H](N(O)C(=O)OC(C)(C)C)C1. The third kappa shape index (κ3) is 3.50. The minimum atomic E-state index is -0.737. The molecule has 0 bridgehead atoms. The van der Waals surface area contributed by atoms with Gasteiger partial charge >= 0.3 is 6.09 Å². The summed E-state index contributed by atoms with van der Waals surface area (Å²) in [7, 11) is 1.59. The van der Waals surface area contributed by atoms with E-state index in [1.807, 2.05) is 6.08 Å². The van der Waals surface area contributed by atoms with Gasteiger partial charge in [0.05, 0.1) is 12.1 Å². The van der Waals surface area contributed by atoms with E-state index in [1.54, 1.807) is 34.0 Å². The monoisotopic (exact) mass is 229 g/mol. The number of rotatable bonds is 2. The summed E-state index contributed by atoms with van der Waals surface area (Å²) >= 11 is 0. The zero-order chi connectivity index (χ0) is 12.3. The van der Waals surface area contributed by atoms with Crippen molar-refractivity contribution in [1.29, 1.82) is 0 Å². The molecule has 1 rings (SSSR count). The van der Waals surface area contributed by atoms with Crippen molar-refractivity contribution < 1.29 is 19.5 Å². The number of hydroxylamine groups is 2. The molecular weight excluding hydrogens is 210 g/mol. The van der Waals surface area contributed by atoms with Gasteiger partial charge in [-0.2, -0.15) is 5.06 Å². The van der Waals surface area contributed by atoms with Crippen molar-refractivity contribution in [3.05, 3.63) is 12.2 Å². The molecule has 0 saturated carbocycles. The van der Waals surface area contributed by atoms with Gasteiger partial charge in [-0.05, 0) is 20.8 Å². The quantitative estimate of drug-likeness (QED) is 0.446. The second-order valence-electron chi connectivity index (χ2n) is 4.79. The summed E-state index contributed by atoms with van der Waals surface area (Å²) in [4.78, 5) is 11.5. The van der Waals surface area contributed by atoms with Crippen LogP contribution in [-0.2, 0) is 9.47 Å². The molecule has 0 spiro atoms. The molecule has 5 nitrogen and oxygen atoms in total. The summed E-state index contributed by atoms with van der Waals surface area (Å²) in [5, 5.41) is 10.3. The first kappa shape index (κ1) is 13.0. The molecule has 2 atom stereocenters. The maximum atomic E-state index is 11.5. The number of ether oxygens (including phenoxy) is 2. The lowest BCUT2D eigenvalue weighted by atomic mass is 10.2. The van der Waals surface area contributed by atoms with E-state index in [4.69, 9.17) is 9.47 Å². The molecule has 5 heteroatoms. The van der Waals surface area contributed by atoms with E-state index in [0.717, 1.165) is 0 Å². The van der Waals surface area contributed by atoms with Crippen LogP contribution in [0.3, 0.4) is 0 Å². The van der Waals surface area contributed by atoms with Crippen LogP contribution in [0.1, 0.15) is 27.2 Å². The topological polar surface area (TPSA) is 59.0 Å². The molecule has 0 unspecified atom stereocenters. The molecule has 0 aromatic rings. The lowest BCUT2D eigenvalue weighted by Gasteiger charge is -2.26. The Morgan fingerprint density at radius 1 is 1.44 bits per heavy atom. The first-order valence-corrected chi connectivity index (χ1v) is 5.25. The van der Waals surface area contributed by atoms with E-state index in [-0.39, 0.29) is 12.1 Å². The van der Waals surface area contributed by atoms with Gasteiger partial charge in [0.15, 0.2) is 0 Å². The molecule has 1 amide bonds. The second kappa shape index (κ2) is 4.84. The highest BCUT2D eigenvalue weighted by molar-refractivity contribution is 5.67. The Morgan fingerprint density at radius 2 is 2.06 bits per heavy atom. The number of carbonyl (C=O) groups is 1. The molecule has 1 aliphatic rings. The van der Waals surface area contributed by atoms with Crippen LogP contribution in [0.25, 0.3) is 0 Å². The Labute approximate surface area is 95.6 Å². The van der Waals surface area contributed by atoms with Gasteiger partial charge in [-0.25, -0.2) is 4.79 Å². The lowest BCUT2D eigenvalue weighted by Crippen LogP contribution is -2.40. The Balaban J connectivity index is 2.50. The van der Waals surface area contributed by atoms with E-state index in [1.165, 1.54) is 0 Å². The van der Waals surface area contributed by atoms with Crippen molar-refractivity contribution in [3.8, 4) is 0 Å². The summed E-state index contributed by atoms with van der Waals surface area (Å²) in [6.07, 6.45) is 3.31. The number of amides is 1. The fourth-order valence-electron chi connectivity index (χ4n) is 1.45. The summed E-state index contributed by atoms with van der Waals surface area (Å²) in [6.45, 7) is 5.25. The second-order valence-corrected chi connectivity index (χ2v) is 4.79. The zero-order valence-electron chi connectivity index (χ0n) is 10.1. The number of methoxy groups -OCH3 is 1. The van der Waals surface area contributed by atoms with E-state index < -0.39 is 11.7 Å². The molecule has 0 aromatic heterocycles. The Hall–Kier alpha value is -1.07. The number of hydrogen-bond acceptors (Lipinski definition) is 4. The van der Waals surface area contributed by atoms with Crippen LogP contribution >= 0.6 is 0 Å². The summed E-state index contributed by atoms with van der Waals surface area (Å²) in [6, 6.07) is -0.375. The highest BCUT2D eigenvalue weighted by Crippen LogP contribution is 2.19. The van der Waals surface area contributed by atoms with Crippen molar-refractivity contribution in [2.45, 2.75) is 44.9 Å². The summed E-state index contributed by atoms with van der Waals surface area (Å²) in [5.74, 6) is 0. The average Bonchev–Trinajstić information content (AvgIpc) is 2.61. The molecule has 0 fully saturated rings. The van der Waals surface area contributed by atoms with Crippen molar-refractivity contribution in [2.75, 3.05) is 7.11 Å². The Kier molecular flexibility index (Phi) is 3.93. The van der Waals surface area contributed by atoms with E-state index >= 15 is 0 Å². The lowest BCUT2D eigenvalue weighted by molar-refractivity contribution is -0.113. The van der Waals surface area contributed by atoms with Crippen molar-refractivity contribution >= 4 is 6.09 Å². The van der Waals surface area contributed by atoms with Crippen LogP contribution in [0.4, 0.5) is 4.79 Å². The van der Waals surface area contributed by atoms with Crippen LogP contribution < -0.4 is 0 Å². The molecular formula is C11H19NO4. The third-order valence-electron chi connectivity index (χ3n) is 2.22. The molecule has 0 saturated heterocycles. The fourth-order valence-corrected chi connectivity index (χ4v) is 1.45. The molecule has 92 valence electrons. The highest BCUT2D eigenvalue weighted by atomic mass is 16.6. The molecule has 1 aliphatic carbocycles. The van der Waals surface area contributed by atoms with E-state index in [2.05, 4.69) is 0 Å². The third-order valence-corrected chi connectivity index (χ3v) is 2.22. The van der Waals surface area contributed by atoms with E-state index in [9.17, 15) is 10.0 Å². The Morgan fingerprint density at radius 3 is 2.50 bits per heavy atom. The van der Waals surface area contributed by atoms with Crippen molar-refractivity contribution in [2.24, 2.45) is 0 Å². The molecule has 0 radical (unpaired) electrons. The number of carbonyl (C=O) groups excluding carboxylic acids is 1. The number of nitrogens with zero attached hydrogens (tertiary/aromatic N) is 1. The van der Waals surface area contributed by atoms with Crippen LogP contribution in [0.5, 0.6) is 0 Å². The average molecular weight is 229 g/mol. The van der Waals surface area contributed by atoms with Gasteiger partial charge in [0, 0.05) is 13.5 Å². The van der Waals surface area contributed by atoms with Gasteiger partial charge in [0.1, 0.15) is 5.60 Å². The predicted molar refractivity (Wildman–Crippen MR) is 58.2 cm³/mol. The molecule has 16 heavy (non-hydrogen) atoms. The van der Waals surface area contributed by atoms with Crippen molar-refractivity contribution in [3.63, 3.8) is 0 Å². The van der Waals surface area contributed by atoms with Gasteiger partial charge in [-0.3, -0.25) is 5.21 Å². The fraction of sp³-hybridized carbons (Fsp3) is 0.727. The first-order chi connectivity index (χ1) is 7.33. The van der Waals surface area contributed by atoms with Crippen LogP contribution in [0.2, 0.25) is 0 Å². The largest absolute Gasteiger partial charge is 0.442 e. The zero-order valence-corrected chi connectivity index (χ0v) is 10.1. The molecule has 1 N–H and O–H groups in total. The van der Waals surface area contributed by atoms with Gasteiger partial charge in [-0.1, -0.05) is 12.2 Å². The van der Waals surface area contributed by atoms with Gasteiger partial charge in [0.2, 0.25) is 0 Å². The first-order valence-electron chi connectivity index (χ1n) is 5.25. The van der Waals surface area contributed by atoms with Crippen LogP contribution in [0, 0.1) is 0 Å². The van der Waals surface area contributed by atoms with Gasteiger partial charge in [-0.15, -0.1) is 0 Å². The summed E-state index contributed by atoms with van der Waals surface area (Å²) in [5.41, 5.74) is -0.610. The van der Waals surface area contributed by atoms with Crippen molar-refractivity contribution in [1.82, 2.24) is 5.06 Å². The minimum absolute atomic E-state index is 0.0536. The highest BCUT2D eigenvalue weighted by Gasteiger charge is 2.30. The predicted octanol–water partition coefficient (Wildman–Crippen LogP) is 1.96. The smallest absolute Gasteiger partial charge is 0.434 e. The molecule has 0 heterocycles. The van der Waals surface area contributed by atoms with Crippen LogP contribution in [0.15, 0.2) is 12.2 Å². The molecule has 0 aromatic carbocycles. The maximum Gasteiger partial charge on any atom is 0.434 e.